The van der Waals surface area contributed by atoms with Crippen molar-refractivity contribution < 1.29 is 9.32 Å². The van der Waals surface area contributed by atoms with Crippen LogP contribution in [-0.2, 0) is 12.0 Å². The van der Waals surface area contributed by atoms with Crippen LogP contribution in [-0.4, -0.2) is 21.0 Å². The highest BCUT2D eigenvalue weighted by atomic mass is 35.5. The molecule has 0 aliphatic rings. The van der Waals surface area contributed by atoms with Crippen LogP contribution < -0.4 is 10.6 Å². The molecule has 4 rings (SSSR count). The summed E-state index contributed by atoms with van der Waals surface area (Å²) >= 11 is 11.6. The summed E-state index contributed by atoms with van der Waals surface area (Å²) in [6, 6.07) is 22.3. The summed E-state index contributed by atoms with van der Waals surface area (Å²) in [7, 11) is 0. The number of hydrogen-bond acceptors (Lipinski definition) is 5. The third kappa shape index (κ3) is 6.12. The van der Waals surface area contributed by atoms with Crippen LogP contribution in [0, 0.1) is 0 Å². The van der Waals surface area contributed by atoms with Crippen LogP contribution in [0.15, 0.2) is 77.3 Å². The Kier molecular flexibility index (Phi) is 7.28. The van der Waals surface area contributed by atoms with Crippen molar-refractivity contribution in [1.29, 1.82) is 0 Å². The number of aromatic nitrogens is 2. The number of anilines is 1. The third-order valence-electron chi connectivity index (χ3n) is 5.38. The summed E-state index contributed by atoms with van der Waals surface area (Å²) in [4.78, 5) is 17.3. The van der Waals surface area contributed by atoms with Gasteiger partial charge in [0.05, 0.1) is 11.6 Å². The maximum atomic E-state index is 13.0. The van der Waals surface area contributed by atoms with Crippen molar-refractivity contribution in [2.24, 2.45) is 0 Å². The molecule has 6 nitrogen and oxygen atoms in total. The number of thiocarbonyl (C=S) groups is 1. The molecule has 1 heterocycles. The maximum Gasteiger partial charge on any atom is 0.246 e. The fourth-order valence-electron chi connectivity index (χ4n) is 3.44. The van der Waals surface area contributed by atoms with Crippen molar-refractivity contribution in [3.8, 4) is 11.4 Å². The average Bonchev–Trinajstić information content (AvgIpc) is 3.31. The lowest BCUT2D eigenvalue weighted by molar-refractivity contribution is 0.103. The Hall–Kier alpha value is -3.55. The van der Waals surface area contributed by atoms with Crippen LogP contribution in [0.25, 0.3) is 11.4 Å². The number of hydrogen-bond donors (Lipinski definition) is 2. The Morgan fingerprint density at radius 2 is 1.74 bits per heavy atom. The molecule has 1 aromatic heterocycles. The van der Waals surface area contributed by atoms with E-state index in [1.54, 1.807) is 18.2 Å². The van der Waals surface area contributed by atoms with E-state index in [-0.39, 0.29) is 17.7 Å². The van der Waals surface area contributed by atoms with Crippen LogP contribution in [0.4, 0.5) is 5.69 Å². The number of halogens is 1. The predicted molar refractivity (Wildman–Crippen MR) is 143 cm³/mol. The fourth-order valence-corrected chi connectivity index (χ4v) is 3.85. The zero-order chi connectivity index (χ0) is 25.0. The highest BCUT2D eigenvalue weighted by Gasteiger charge is 2.16. The molecule has 178 valence electrons. The standard InChI is InChI=1S/C27H25ClN4O2S/c1-27(2,3)19-13-11-17(12-14-19)24(33)18-7-6-8-20(15-18)30-26(35)29-16-23-31-25(32-34-23)21-9-4-5-10-22(21)28/h4-15H,16H2,1-3H3,(H2,29,30,35). The van der Waals surface area contributed by atoms with Gasteiger partial charge in [0.15, 0.2) is 10.9 Å². The first kappa shape index (κ1) is 24.6. The van der Waals surface area contributed by atoms with Crippen molar-refractivity contribution >= 4 is 40.4 Å². The normalized spacial score (nSPS) is 11.2. The van der Waals surface area contributed by atoms with Crippen LogP contribution >= 0.6 is 23.8 Å². The molecule has 0 saturated heterocycles. The summed E-state index contributed by atoms with van der Waals surface area (Å²) in [5.41, 5.74) is 3.82. The summed E-state index contributed by atoms with van der Waals surface area (Å²) in [5, 5.41) is 11.0. The van der Waals surface area contributed by atoms with Gasteiger partial charge in [0.1, 0.15) is 0 Å². The molecule has 4 aromatic rings. The molecule has 3 aromatic carbocycles. The molecular formula is C27H25ClN4O2S. The van der Waals surface area contributed by atoms with Gasteiger partial charge in [0, 0.05) is 22.4 Å². The quantitative estimate of drug-likeness (QED) is 0.232. The Labute approximate surface area is 214 Å². The Morgan fingerprint density at radius 3 is 2.46 bits per heavy atom. The van der Waals surface area contributed by atoms with Gasteiger partial charge in [-0.1, -0.05) is 86.1 Å². The van der Waals surface area contributed by atoms with E-state index in [9.17, 15) is 4.79 Å². The molecule has 35 heavy (non-hydrogen) atoms. The zero-order valence-corrected chi connectivity index (χ0v) is 21.2. The van der Waals surface area contributed by atoms with Crippen LogP contribution in [0.2, 0.25) is 5.02 Å². The number of benzene rings is 3. The molecule has 0 unspecified atom stereocenters. The molecule has 0 saturated carbocycles. The molecule has 0 aliphatic carbocycles. The van der Waals surface area contributed by atoms with E-state index < -0.39 is 0 Å². The van der Waals surface area contributed by atoms with Crippen molar-refractivity contribution in [1.82, 2.24) is 15.5 Å². The van der Waals surface area contributed by atoms with E-state index in [0.717, 1.165) is 0 Å². The number of carbonyl (C=O) groups is 1. The molecule has 2 N–H and O–H groups in total. The fraction of sp³-hybridized carbons (Fsp3) is 0.185. The molecule has 0 fully saturated rings. The molecule has 0 aliphatic heterocycles. The monoisotopic (exact) mass is 504 g/mol. The molecule has 0 radical (unpaired) electrons. The van der Waals surface area contributed by atoms with E-state index >= 15 is 0 Å². The summed E-state index contributed by atoms with van der Waals surface area (Å²) in [6.45, 7) is 6.67. The topological polar surface area (TPSA) is 80.0 Å². The zero-order valence-electron chi connectivity index (χ0n) is 19.6. The number of rotatable bonds is 6. The van der Waals surface area contributed by atoms with E-state index in [1.807, 2.05) is 54.6 Å². The molecule has 0 spiro atoms. The molecule has 0 amide bonds. The minimum absolute atomic E-state index is 0.0332. The van der Waals surface area contributed by atoms with Crippen LogP contribution in [0.5, 0.6) is 0 Å². The summed E-state index contributed by atoms with van der Waals surface area (Å²) in [6.07, 6.45) is 0. The van der Waals surface area contributed by atoms with Gasteiger partial charge in [-0.2, -0.15) is 4.98 Å². The number of nitrogens with zero attached hydrogens (tertiary/aromatic N) is 2. The van der Waals surface area contributed by atoms with Gasteiger partial charge in [-0.25, -0.2) is 0 Å². The Balaban J connectivity index is 1.37. The van der Waals surface area contributed by atoms with Crippen LogP contribution in [0.1, 0.15) is 48.1 Å². The minimum Gasteiger partial charge on any atom is -0.353 e. The van der Waals surface area contributed by atoms with E-state index in [4.69, 9.17) is 28.3 Å². The minimum atomic E-state index is -0.0500. The highest BCUT2D eigenvalue weighted by Crippen LogP contribution is 2.25. The van der Waals surface area contributed by atoms with E-state index in [1.165, 1.54) is 5.56 Å². The Bertz CT molecular complexity index is 1360. The highest BCUT2D eigenvalue weighted by molar-refractivity contribution is 7.80. The van der Waals surface area contributed by atoms with Crippen molar-refractivity contribution in [3.63, 3.8) is 0 Å². The molecule has 0 atom stereocenters. The SMILES string of the molecule is CC(C)(C)c1ccc(C(=O)c2cccc(NC(=S)NCc3nc(-c4ccccc4Cl)no3)c2)cc1. The summed E-state index contributed by atoms with van der Waals surface area (Å²) in [5.74, 6) is 0.727. The Morgan fingerprint density at radius 1 is 1.00 bits per heavy atom. The lowest BCUT2D eigenvalue weighted by Gasteiger charge is -2.19. The van der Waals surface area contributed by atoms with Gasteiger partial charge in [-0.3, -0.25) is 4.79 Å². The van der Waals surface area contributed by atoms with Gasteiger partial charge >= 0.3 is 0 Å². The molecule has 8 heteroatoms. The maximum absolute atomic E-state index is 13.0. The average molecular weight is 505 g/mol. The predicted octanol–water partition coefficient (Wildman–Crippen LogP) is 6.41. The summed E-state index contributed by atoms with van der Waals surface area (Å²) < 4.78 is 5.29. The number of nitrogens with one attached hydrogen (secondary N) is 2. The number of ketones is 1. The largest absolute Gasteiger partial charge is 0.353 e. The van der Waals surface area contributed by atoms with Crippen LogP contribution in [0.3, 0.4) is 0 Å². The first-order valence-corrected chi connectivity index (χ1v) is 11.9. The van der Waals surface area contributed by atoms with Crippen molar-refractivity contribution in [3.05, 3.63) is 100 Å². The van der Waals surface area contributed by atoms with Gasteiger partial charge in [-0.05, 0) is 47.5 Å². The van der Waals surface area contributed by atoms with Gasteiger partial charge in [0.25, 0.3) is 0 Å². The molecule has 0 bridgehead atoms. The van der Waals surface area contributed by atoms with E-state index in [0.29, 0.717) is 44.2 Å². The smallest absolute Gasteiger partial charge is 0.246 e. The molecular weight excluding hydrogens is 480 g/mol. The van der Waals surface area contributed by atoms with Gasteiger partial charge < -0.3 is 15.2 Å². The third-order valence-corrected chi connectivity index (χ3v) is 5.95. The second kappa shape index (κ2) is 10.4. The van der Waals surface area contributed by atoms with Gasteiger partial charge in [0.2, 0.25) is 11.7 Å². The van der Waals surface area contributed by atoms with E-state index in [2.05, 4.69) is 41.5 Å². The van der Waals surface area contributed by atoms with Crippen molar-refractivity contribution in [2.45, 2.75) is 32.7 Å². The first-order chi connectivity index (χ1) is 16.7. The second-order valence-corrected chi connectivity index (χ2v) is 9.85. The second-order valence-electron chi connectivity index (χ2n) is 9.04. The van der Waals surface area contributed by atoms with Gasteiger partial charge in [-0.15, -0.1) is 0 Å². The number of carbonyl (C=O) groups excluding carboxylic acids is 1. The lowest BCUT2D eigenvalue weighted by Crippen LogP contribution is -2.28. The lowest BCUT2D eigenvalue weighted by atomic mass is 9.86. The van der Waals surface area contributed by atoms with Crippen molar-refractivity contribution in [2.75, 3.05) is 5.32 Å². The first-order valence-electron chi connectivity index (χ1n) is 11.1.